The first-order chi connectivity index (χ1) is 20.7. The topological polar surface area (TPSA) is 143 Å². The number of aliphatic hydroxyl groups is 1. The van der Waals surface area contributed by atoms with E-state index in [9.17, 15) is 19.5 Å². The number of nitrogens with zero attached hydrogens (tertiary/aromatic N) is 3. The number of rotatable bonds is 7. The number of likely N-dealkylation sites (N-methyl/N-ethyl adjacent to an activating group) is 1. The third-order valence-electron chi connectivity index (χ3n) is 7.54. The maximum Gasteiger partial charge on any atom is 0.321 e. The number of aromatic nitrogens is 1. The molecule has 226 valence electrons. The Labute approximate surface area is 249 Å². The van der Waals surface area contributed by atoms with E-state index >= 15 is 0 Å². The molecule has 0 aliphatic carbocycles. The zero-order valence-electron chi connectivity index (χ0n) is 24.3. The first-order valence-electron chi connectivity index (χ1n) is 14.0. The number of hydrogen-bond donors (Lipinski definition) is 3. The molecule has 0 spiro atoms. The van der Waals surface area contributed by atoms with E-state index in [1.807, 2.05) is 6.92 Å². The fourth-order valence-electron chi connectivity index (χ4n) is 4.98. The van der Waals surface area contributed by atoms with Crippen LogP contribution in [0, 0.1) is 5.92 Å². The predicted octanol–water partition coefficient (Wildman–Crippen LogP) is 3.38. The quantitative estimate of drug-likeness (QED) is 0.381. The monoisotopic (exact) mass is 589 g/mol. The van der Waals surface area contributed by atoms with Gasteiger partial charge in [0, 0.05) is 60.5 Å². The molecule has 2 aliphatic rings. The third-order valence-corrected chi connectivity index (χ3v) is 7.54. The van der Waals surface area contributed by atoms with Gasteiger partial charge < -0.3 is 39.8 Å². The summed E-state index contributed by atoms with van der Waals surface area (Å²) in [5.74, 6) is 0.977. The van der Waals surface area contributed by atoms with E-state index in [2.05, 4.69) is 15.6 Å². The average Bonchev–Trinajstić information content (AvgIpc) is 3.49. The van der Waals surface area contributed by atoms with E-state index in [0.717, 1.165) is 0 Å². The van der Waals surface area contributed by atoms with Crippen molar-refractivity contribution in [2.24, 2.45) is 5.92 Å². The number of pyridine rings is 1. The molecule has 0 radical (unpaired) electrons. The molecule has 3 aromatic rings. The van der Waals surface area contributed by atoms with Crippen LogP contribution < -0.4 is 24.8 Å². The summed E-state index contributed by atoms with van der Waals surface area (Å²) in [5, 5.41) is 15.6. The van der Waals surface area contributed by atoms with E-state index < -0.39 is 12.1 Å². The second-order valence-electron chi connectivity index (χ2n) is 10.8. The Bertz CT molecular complexity index is 1480. The summed E-state index contributed by atoms with van der Waals surface area (Å²) in [6, 6.07) is 12.8. The lowest BCUT2D eigenvalue weighted by Gasteiger charge is -2.34. The molecule has 0 unspecified atom stereocenters. The first kappa shape index (κ1) is 29.6. The van der Waals surface area contributed by atoms with Crippen LogP contribution in [0.25, 0.3) is 0 Å². The van der Waals surface area contributed by atoms with Gasteiger partial charge in [0.05, 0.1) is 25.6 Å². The summed E-state index contributed by atoms with van der Waals surface area (Å²) < 4.78 is 17.2. The fourth-order valence-corrected chi connectivity index (χ4v) is 4.98. The Morgan fingerprint density at radius 2 is 1.74 bits per heavy atom. The summed E-state index contributed by atoms with van der Waals surface area (Å²) in [4.78, 5) is 46.5. The van der Waals surface area contributed by atoms with Crippen LogP contribution in [0.15, 0.2) is 60.9 Å². The van der Waals surface area contributed by atoms with Gasteiger partial charge in [0.15, 0.2) is 11.5 Å². The molecule has 43 heavy (non-hydrogen) atoms. The highest BCUT2D eigenvalue weighted by Crippen LogP contribution is 2.34. The van der Waals surface area contributed by atoms with Crippen molar-refractivity contribution in [2.45, 2.75) is 32.4 Å². The van der Waals surface area contributed by atoms with E-state index in [0.29, 0.717) is 46.3 Å². The number of nitrogens with one attached hydrogen (secondary N) is 2. The van der Waals surface area contributed by atoms with Crippen molar-refractivity contribution in [3.05, 3.63) is 72.1 Å². The highest BCUT2D eigenvalue weighted by atomic mass is 16.7. The Morgan fingerprint density at radius 1 is 1.05 bits per heavy atom. The van der Waals surface area contributed by atoms with Gasteiger partial charge in [0.2, 0.25) is 12.7 Å². The van der Waals surface area contributed by atoms with Crippen LogP contribution in [0.5, 0.6) is 17.2 Å². The first-order valence-corrected chi connectivity index (χ1v) is 14.0. The third kappa shape index (κ3) is 6.97. The molecule has 4 amide bonds. The zero-order chi connectivity index (χ0) is 30.5. The molecule has 12 nitrogen and oxygen atoms in total. The molecule has 12 heteroatoms. The molecule has 2 aromatic carbocycles. The molecule has 1 aromatic heterocycles. The lowest BCUT2D eigenvalue weighted by atomic mass is 10.0. The van der Waals surface area contributed by atoms with Crippen molar-refractivity contribution < 1.29 is 33.7 Å². The highest BCUT2D eigenvalue weighted by Gasteiger charge is 2.32. The number of amides is 4. The van der Waals surface area contributed by atoms with Gasteiger partial charge in [-0.05, 0) is 49.4 Å². The summed E-state index contributed by atoms with van der Waals surface area (Å²) in [6.45, 7) is 4.22. The second kappa shape index (κ2) is 13.0. The number of carbonyl (C=O) groups excluding carboxylic acids is 3. The van der Waals surface area contributed by atoms with Crippen molar-refractivity contribution in [3.63, 3.8) is 0 Å². The van der Waals surface area contributed by atoms with Crippen molar-refractivity contribution >= 4 is 29.2 Å². The molecule has 0 saturated carbocycles. The molecular weight excluding hydrogens is 554 g/mol. The Kier molecular flexibility index (Phi) is 8.96. The van der Waals surface area contributed by atoms with Gasteiger partial charge in [-0.15, -0.1) is 0 Å². The van der Waals surface area contributed by atoms with Gasteiger partial charge in [0.1, 0.15) is 11.9 Å². The van der Waals surface area contributed by atoms with Gasteiger partial charge in [-0.3, -0.25) is 14.6 Å². The van der Waals surface area contributed by atoms with Gasteiger partial charge >= 0.3 is 6.03 Å². The molecule has 3 heterocycles. The summed E-state index contributed by atoms with van der Waals surface area (Å²) in [5.41, 5.74) is 2.09. The number of ether oxygens (including phenoxy) is 3. The summed E-state index contributed by atoms with van der Waals surface area (Å²) in [6.07, 6.45) is 2.59. The number of aliphatic hydroxyl groups excluding tert-OH is 1. The van der Waals surface area contributed by atoms with Crippen LogP contribution in [-0.2, 0) is 11.2 Å². The minimum Gasteiger partial charge on any atom is -0.488 e. The second-order valence-corrected chi connectivity index (χ2v) is 10.8. The smallest absolute Gasteiger partial charge is 0.321 e. The SMILES string of the molecule is C[C@@H]1CN([C@@H](C)CO)C(=O)Cc2cc(NC(=O)c3ccncc3)ccc2O[C@H]1CN(C)C(=O)Nc1ccc2c(c1)OCO2. The van der Waals surface area contributed by atoms with Gasteiger partial charge in [-0.25, -0.2) is 4.79 Å². The van der Waals surface area contributed by atoms with E-state index in [-0.39, 0.29) is 50.1 Å². The van der Waals surface area contributed by atoms with E-state index in [1.54, 1.807) is 67.4 Å². The molecule has 0 bridgehead atoms. The van der Waals surface area contributed by atoms with Crippen LogP contribution in [0.1, 0.15) is 29.8 Å². The Hall–Kier alpha value is -4.84. The number of urea groups is 1. The van der Waals surface area contributed by atoms with Crippen molar-refractivity contribution in [3.8, 4) is 17.2 Å². The number of carbonyl (C=O) groups is 3. The zero-order valence-corrected chi connectivity index (χ0v) is 24.3. The Morgan fingerprint density at radius 3 is 2.49 bits per heavy atom. The van der Waals surface area contributed by atoms with Crippen molar-refractivity contribution in [1.29, 1.82) is 0 Å². The highest BCUT2D eigenvalue weighted by molar-refractivity contribution is 6.04. The van der Waals surface area contributed by atoms with E-state index in [4.69, 9.17) is 14.2 Å². The van der Waals surface area contributed by atoms with Crippen LogP contribution >= 0.6 is 0 Å². The lowest BCUT2D eigenvalue weighted by molar-refractivity contribution is -0.134. The largest absolute Gasteiger partial charge is 0.488 e. The molecule has 3 N–H and O–H groups in total. The number of anilines is 2. The number of hydrogen-bond acceptors (Lipinski definition) is 8. The minimum atomic E-state index is -0.497. The van der Waals surface area contributed by atoms with Crippen LogP contribution in [0.2, 0.25) is 0 Å². The Balaban J connectivity index is 1.36. The predicted molar refractivity (Wildman–Crippen MR) is 158 cm³/mol. The number of fused-ring (bicyclic) bond motifs is 2. The van der Waals surface area contributed by atoms with Gasteiger partial charge in [0.25, 0.3) is 5.91 Å². The molecular formula is C31H35N5O7. The summed E-state index contributed by atoms with van der Waals surface area (Å²) >= 11 is 0. The molecule has 3 atom stereocenters. The molecule has 5 rings (SSSR count). The summed E-state index contributed by atoms with van der Waals surface area (Å²) in [7, 11) is 1.67. The molecule has 2 aliphatic heterocycles. The average molecular weight is 590 g/mol. The van der Waals surface area contributed by atoms with Crippen LogP contribution in [0.3, 0.4) is 0 Å². The van der Waals surface area contributed by atoms with Crippen LogP contribution in [0.4, 0.5) is 16.2 Å². The normalized spacial score (nSPS) is 18.3. The minimum absolute atomic E-state index is 0.0124. The maximum absolute atomic E-state index is 13.5. The fraction of sp³-hybridized carbons (Fsp3) is 0.355. The van der Waals surface area contributed by atoms with Gasteiger partial charge in [-0.1, -0.05) is 6.92 Å². The van der Waals surface area contributed by atoms with E-state index in [1.165, 1.54) is 17.3 Å². The molecule has 0 saturated heterocycles. The standard InChI is InChI=1S/C31H35N5O7/c1-19-15-36(20(2)17-37)29(38)13-22-12-23(33-30(39)21-8-10-32-11-9-21)4-6-25(22)43-28(19)16-35(3)31(40)34-24-5-7-26-27(14-24)42-18-41-26/h4-12,14,19-20,28,37H,13,15-18H2,1-3H3,(H,33,39)(H,34,40)/t19-,20+,28+/m1/s1. The van der Waals surface area contributed by atoms with Crippen LogP contribution in [-0.4, -0.2) is 83.4 Å². The number of benzene rings is 2. The van der Waals surface area contributed by atoms with Crippen molar-refractivity contribution in [2.75, 3.05) is 44.2 Å². The lowest BCUT2D eigenvalue weighted by Crippen LogP contribution is -2.48. The maximum atomic E-state index is 13.5. The van der Waals surface area contributed by atoms with Crippen molar-refractivity contribution in [1.82, 2.24) is 14.8 Å². The van der Waals surface area contributed by atoms with Gasteiger partial charge in [-0.2, -0.15) is 0 Å². The molecule has 0 fully saturated rings.